The normalized spacial score (nSPS) is 10.9. The summed E-state index contributed by atoms with van der Waals surface area (Å²) in [6, 6.07) is 19.2. The molecule has 0 spiro atoms. The second-order valence-corrected chi connectivity index (χ2v) is 9.21. The quantitative estimate of drug-likeness (QED) is 0.239. The van der Waals surface area contributed by atoms with Gasteiger partial charge in [-0.2, -0.15) is 0 Å². The predicted molar refractivity (Wildman–Crippen MR) is 130 cm³/mol. The summed E-state index contributed by atoms with van der Waals surface area (Å²) in [6.07, 6.45) is 1.49. The number of Topliss-reactive ketones (excluding diaryl/α,β-unsaturated/α-hetero) is 1. The van der Waals surface area contributed by atoms with Crippen LogP contribution in [0.15, 0.2) is 90.3 Å². The zero-order chi connectivity index (χ0) is 24.7. The van der Waals surface area contributed by atoms with Crippen molar-refractivity contribution in [1.82, 2.24) is 0 Å². The molecule has 0 saturated heterocycles. The van der Waals surface area contributed by atoms with Crippen LogP contribution in [0.1, 0.15) is 33.2 Å². The molecule has 0 atom stereocenters. The standard InChI is InChI=1S/C26H25NO6S/c1-4-15-27(23-10-6-5-7-11-23)34(30,31)24-12-8-9-21(17-24)26(29)33-18-22-16-20(19(2)28)13-14-25(22)32-3/h4-14,16-17H,1,15,18H2,2-3H3. The lowest BCUT2D eigenvalue weighted by atomic mass is 10.1. The number of sulfonamides is 1. The molecule has 0 radical (unpaired) electrons. The van der Waals surface area contributed by atoms with Gasteiger partial charge in [0, 0.05) is 11.1 Å². The first-order valence-electron chi connectivity index (χ1n) is 10.4. The first-order chi connectivity index (χ1) is 16.3. The molecule has 34 heavy (non-hydrogen) atoms. The monoisotopic (exact) mass is 479 g/mol. The Labute approximate surface area is 199 Å². The maximum atomic E-state index is 13.3. The Bertz CT molecular complexity index is 1300. The molecule has 7 nitrogen and oxygen atoms in total. The average molecular weight is 480 g/mol. The van der Waals surface area contributed by atoms with Gasteiger partial charge in [0.15, 0.2) is 5.78 Å². The summed E-state index contributed by atoms with van der Waals surface area (Å²) in [4.78, 5) is 24.4. The number of ketones is 1. The molecule has 176 valence electrons. The van der Waals surface area contributed by atoms with Crippen molar-refractivity contribution in [3.05, 3.63) is 102 Å². The van der Waals surface area contributed by atoms with Crippen LogP contribution in [0.2, 0.25) is 0 Å². The minimum absolute atomic E-state index is 0.0520. The van der Waals surface area contributed by atoms with Crippen LogP contribution in [0.3, 0.4) is 0 Å². The van der Waals surface area contributed by atoms with Crippen LogP contribution in [0.4, 0.5) is 5.69 Å². The Morgan fingerprint density at radius 2 is 1.71 bits per heavy atom. The summed E-state index contributed by atoms with van der Waals surface area (Å²) < 4.78 is 38.6. The summed E-state index contributed by atoms with van der Waals surface area (Å²) in [6.45, 7) is 5.01. The number of para-hydroxylation sites is 1. The van der Waals surface area contributed by atoms with Crippen LogP contribution in [0.25, 0.3) is 0 Å². The molecule has 0 fully saturated rings. The number of esters is 1. The highest BCUT2D eigenvalue weighted by molar-refractivity contribution is 7.92. The van der Waals surface area contributed by atoms with Crippen LogP contribution in [-0.2, 0) is 21.4 Å². The van der Waals surface area contributed by atoms with Crippen LogP contribution >= 0.6 is 0 Å². The zero-order valence-electron chi connectivity index (χ0n) is 18.9. The molecule has 0 heterocycles. The van der Waals surface area contributed by atoms with E-state index in [1.165, 1.54) is 48.7 Å². The smallest absolute Gasteiger partial charge is 0.338 e. The van der Waals surface area contributed by atoms with Gasteiger partial charge in [0.25, 0.3) is 10.0 Å². The van der Waals surface area contributed by atoms with Gasteiger partial charge in [-0.25, -0.2) is 13.2 Å². The average Bonchev–Trinajstić information content (AvgIpc) is 2.86. The van der Waals surface area contributed by atoms with E-state index in [9.17, 15) is 18.0 Å². The topological polar surface area (TPSA) is 90.0 Å². The number of methoxy groups -OCH3 is 1. The van der Waals surface area contributed by atoms with Crippen LogP contribution < -0.4 is 9.04 Å². The van der Waals surface area contributed by atoms with Crippen molar-refractivity contribution in [2.45, 2.75) is 18.4 Å². The highest BCUT2D eigenvalue weighted by atomic mass is 32.2. The predicted octanol–water partition coefficient (Wildman–Crippen LogP) is 4.64. The third-order valence-corrected chi connectivity index (χ3v) is 6.83. The SMILES string of the molecule is C=CCN(c1ccccc1)S(=O)(=O)c1cccc(C(=O)OCc2cc(C(C)=O)ccc2OC)c1. The summed E-state index contributed by atoms with van der Waals surface area (Å²) in [5.74, 6) is -0.366. The number of anilines is 1. The van der Waals surface area contributed by atoms with Crippen molar-refractivity contribution in [2.75, 3.05) is 18.0 Å². The van der Waals surface area contributed by atoms with E-state index in [1.807, 2.05) is 0 Å². The van der Waals surface area contributed by atoms with Crippen molar-refractivity contribution in [3.8, 4) is 5.75 Å². The fraction of sp³-hybridized carbons (Fsp3) is 0.154. The van der Waals surface area contributed by atoms with E-state index in [4.69, 9.17) is 9.47 Å². The maximum Gasteiger partial charge on any atom is 0.338 e. The number of carbonyl (C=O) groups excluding carboxylic acids is 2. The van der Waals surface area contributed by atoms with E-state index in [0.29, 0.717) is 22.6 Å². The van der Waals surface area contributed by atoms with Gasteiger partial charge in [-0.05, 0) is 55.5 Å². The second-order valence-electron chi connectivity index (χ2n) is 7.35. The molecule has 0 aliphatic rings. The lowest BCUT2D eigenvalue weighted by Gasteiger charge is -2.23. The largest absolute Gasteiger partial charge is 0.496 e. The fourth-order valence-corrected chi connectivity index (χ4v) is 4.78. The van der Waals surface area contributed by atoms with Gasteiger partial charge in [-0.3, -0.25) is 9.10 Å². The molecule has 0 N–H and O–H groups in total. The molecule has 0 unspecified atom stereocenters. The number of hydrogen-bond donors (Lipinski definition) is 0. The van der Waals surface area contributed by atoms with Gasteiger partial charge in [0.05, 0.1) is 29.8 Å². The van der Waals surface area contributed by atoms with E-state index in [1.54, 1.807) is 48.5 Å². The molecule has 0 bridgehead atoms. The number of nitrogens with zero attached hydrogens (tertiary/aromatic N) is 1. The van der Waals surface area contributed by atoms with Crippen molar-refractivity contribution < 1.29 is 27.5 Å². The Balaban J connectivity index is 1.85. The molecule has 0 aliphatic heterocycles. The summed E-state index contributed by atoms with van der Waals surface area (Å²) in [5, 5.41) is 0. The number of benzene rings is 3. The summed E-state index contributed by atoms with van der Waals surface area (Å²) >= 11 is 0. The Hall–Kier alpha value is -3.91. The van der Waals surface area contributed by atoms with Gasteiger partial charge in [0.2, 0.25) is 0 Å². The molecule has 0 amide bonds. The summed E-state index contributed by atoms with van der Waals surface area (Å²) in [5.41, 5.74) is 1.54. The number of rotatable bonds is 10. The maximum absolute atomic E-state index is 13.3. The lowest BCUT2D eigenvalue weighted by molar-refractivity contribution is 0.0470. The number of carbonyl (C=O) groups is 2. The van der Waals surface area contributed by atoms with E-state index in [2.05, 4.69) is 6.58 Å². The molecule has 3 aromatic carbocycles. The summed E-state index contributed by atoms with van der Waals surface area (Å²) in [7, 11) is -2.49. The number of hydrogen-bond acceptors (Lipinski definition) is 6. The van der Waals surface area contributed by atoms with Crippen molar-refractivity contribution in [2.24, 2.45) is 0 Å². The number of ether oxygens (including phenoxy) is 2. The molecular formula is C26H25NO6S. The van der Waals surface area contributed by atoms with E-state index in [0.717, 1.165) is 0 Å². The van der Waals surface area contributed by atoms with Crippen molar-refractivity contribution >= 4 is 27.5 Å². The minimum Gasteiger partial charge on any atom is -0.496 e. The van der Waals surface area contributed by atoms with E-state index >= 15 is 0 Å². The molecule has 0 aliphatic carbocycles. The molecule has 8 heteroatoms. The lowest BCUT2D eigenvalue weighted by Crippen LogP contribution is -2.31. The Morgan fingerprint density at radius 1 is 0.971 bits per heavy atom. The highest BCUT2D eigenvalue weighted by Gasteiger charge is 2.25. The van der Waals surface area contributed by atoms with E-state index in [-0.39, 0.29) is 29.4 Å². The third kappa shape index (κ3) is 5.52. The van der Waals surface area contributed by atoms with E-state index < -0.39 is 16.0 Å². The van der Waals surface area contributed by atoms with Gasteiger partial charge >= 0.3 is 5.97 Å². The van der Waals surface area contributed by atoms with Crippen molar-refractivity contribution in [1.29, 1.82) is 0 Å². The van der Waals surface area contributed by atoms with Gasteiger partial charge in [0.1, 0.15) is 12.4 Å². The van der Waals surface area contributed by atoms with Crippen LogP contribution in [0, 0.1) is 0 Å². The first-order valence-corrected chi connectivity index (χ1v) is 11.9. The van der Waals surface area contributed by atoms with Crippen molar-refractivity contribution in [3.63, 3.8) is 0 Å². The minimum atomic E-state index is -3.97. The second kappa shape index (κ2) is 10.8. The molecule has 3 rings (SSSR count). The molecule has 0 aromatic heterocycles. The fourth-order valence-electron chi connectivity index (χ4n) is 3.30. The Kier molecular flexibility index (Phi) is 7.86. The molecular weight excluding hydrogens is 454 g/mol. The zero-order valence-corrected chi connectivity index (χ0v) is 19.7. The van der Waals surface area contributed by atoms with Crippen LogP contribution in [-0.4, -0.2) is 33.8 Å². The molecule has 3 aromatic rings. The third-order valence-electron chi connectivity index (χ3n) is 5.04. The first kappa shape index (κ1) is 24.7. The highest BCUT2D eigenvalue weighted by Crippen LogP contribution is 2.25. The van der Waals surface area contributed by atoms with Gasteiger partial charge in [-0.15, -0.1) is 6.58 Å². The van der Waals surface area contributed by atoms with Crippen LogP contribution in [0.5, 0.6) is 5.75 Å². The Morgan fingerprint density at radius 3 is 2.35 bits per heavy atom. The molecule has 0 saturated carbocycles. The van der Waals surface area contributed by atoms with Gasteiger partial charge in [-0.1, -0.05) is 30.3 Å². The van der Waals surface area contributed by atoms with Gasteiger partial charge < -0.3 is 9.47 Å².